The zero-order valence-electron chi connectivity index (χ0n) is 10.9. The van der Waals surface area contributed by atoms with Crippen molar-refractivity contribution in [1.82, 2.24) is 5.32 Å². The summed E-state index contributed by atoms with van der Waals surface area (Å²) >= 11 is 0. The van der Waals surface area contributed by atoms with Crippen molar-refractivity contribution in [2.75, 3.05) is 19.8 Å². The molecule has 104 valence electrons. The van der Waals surface area contributed by atoms with Gasteiger partial charge in [-0.05, 0) is 20.8 Å². The molecule has 2 atom stereocenters. The zero-order chi connectivity index (χ0) is 13.8. The highest BCUT2D eigenvalue weighted by molar-refractivity contribution is 6.01. The Hall–Kier alpha value is -1.18. The maximum absolute atomic E-state index is 11.5. The van der Waals surface area contributed by atoms with Crippen LogP contribution in [0.2, 0.25) is 0 Å². The van der Waals surface area contributed by atoms with Crippen LogP contribution in [0.4, 0.5) is 0 Å². The van der Waals surface area contributed by atoms with Gasteiger partial charge in [0.25, 0.3) is 0 Å². The summed E-state index contributed by atoms with van der Waals surface area (Å²) in [7, 11) is 0. The van der Waals surface area contributed by atoms with Gasteiger partial charge in [-0.2, -0.15) is 0 Å². The monoisotopic (exact) mass is 260 g/mol. The van der Waals surface area contributed by atoms with Gasteiger partial charge in [0.2, 0.25) is 5.91 Å². The fourth-order valence-electron chi connectivity index (χ4n) is 1.53. The summed E-state index contributed by atoms with van der Waals surface area (Å²) in [5.41, 5.74) is 5.43. The molecule has 2 unspecified atom stereocenters. The standard InChI is InChI=1S/C11H20N2O5/c1-4-16-10(15)8(12)9(14)13-5-7-6-17-11(2,3)18-7/h7-8H,4-6,12H2,1-3H3,(H,13,14). The molecule has 1 aliphatic heterocycles. The molecule has 0 saturated carbocycles. The smallest absolute Gasteiger partial charge is 0.332 e. The SMILES string of the molecule is CCOC(=O)C(N)C(=O)NCC1COC(C)(C)O1. The lowest BCUT2D eigenvalue weighted by Crippen LogP contribution is -2.48. The number of rotatable bonds is 5. The number of hydrogen-bond donors (Lipinski definition) is 2. The minimum Gasteiger partial charge on any atom is -0.464 e. The molecule has 0 spiro atoms. The predicted molar refractivity (Wildman–Crippen MR) is 62.5 cm³/mol. The van der Waals surface area contributed by atoms with Gasteiger partial charge in [0.1, 0.15) is 6.10 Å². The van der Waals surface area contributed by atoms with Crippen LogP contribution in [-0.4, -0.2) is 49.6 Å². The van der Waals surface area contributed by atoms with Gasteiger partial charge in [-0.3, -0.25) is 4.79 Å². The van der Waals surface area contributed by atoms with Crippen molar-refractivity contribution in [2.24, 2.45) is 5.73 Å². The van der Waals surface area contributed by atoms with E-state index in [0.717, 1.165) is 0 Å². The van der Waals surface area contributed by atoms with Crippen LogP contribution in [0.15, 0.2) is 0 Å². The number of carbonyl (C=O) groups is 2. The molecule has 18 heavy (non-hydrogen) atoms. The maximum atomic E-state index is 11.5. The number of esters is 1. The second-order valence-electron chi connectivity index (χ2n) is 4.43. The highest BCUT2D eigenvalue weighted by Crippen LogP contribution is 2.21. The van der Waals surface area contributed by atoms with Crippen molar-refractivity contribution in [3.05, 3.63) is 0 Å². The first-order chi connectivity index (χ1) is 8.35. The molecule has 0 aliphatic carbocycles. The molecular formula is C11H20N2O5. The van der Waals surface area contributed by atoms with Crippen molar-refractivity contribution in [3.8, 4) is 0 Å². The normalized spacial score (nSPS) is 23.4. The number of nitrogens with one attached hydrogen (secondary N) is 1. The Morgan fingerprint density at radius 3 is 2.72 bits per heavy atom. The first-order valence-electron chi connectivity index (χ1n) is 5.87. The lowest BCUT2D eigenvalue weighted by Gasteiger charge is -2.17. The Kier molecular flexibility index (Phi) is 5.06. The molecule has 0 aromatic heterocycles. The van der Waals surface area contributed by atoms with Gasteiger partial charge in [0.05, 0.1) is 13.2 Å². The van der Waals surface area contributed by atoms with Gasteiger partial charge in [-0.1, -0.05) is 0 Å². The number of ether oxygens (including phenoxy) is 3. The minimum atomic E-state index is -1.31. The number of nitrogens with two attached hydrogens (primary N) is 1. The summed E-state index contributed by atoms with van der Waals surface area (Å²) in [6.07, 6.45) is -0.238. The van der Waals surface area contributed by atoms with E-state index in [2.05, 4.69) is 10.1 Å². The van der Waals surface area contributed by atoms with Crippen LogP contribution in [0.1, 0.15) is 20.8 Å². The number of amides is 1. The fourth-order valence-corrected chi connectivity index (χ4v) is 1.53. The average Bonchev–Trinajstić information content (AvgIpc) is 2.65. The second kappa shape index (κ2) is 6.12. The van der Waals surface area contributed by atoms with E-state index in [1.165, 1.54) is 0 Å². The Labute approximate surface area is 106 Å². The molecule has 3 N–H and O–H groups in total. The number of hydrogen-bond acceptors (Lipinski definition) is 6. The Morgan fingerprint density at radius 1 is 1.56 bits per heavy atom. The molecule has 7 heteroatoms. The summed E-state index contributed by atoms with van der Waals surface area (Å²) in [5.74, 6) is -1.96. The quantitative estimate of drug-likeness (QED) is 0.493. The van der Waals surface area contributed by atoms with E-state index < -0.39 is 23.7 Å². The molecule has 1 heterocycles. The molecule has 0 bridgehead atoms. The summed E-state index contributed by atoms with van der Waals surface area (Å²) in [4.78, 5) is 22.8. The minimum absolute atomic E-state index is 0.188. The van der Waals surface area contributed by atoms with Crippen molar-refractivity contribution in [1.29, 1.82) is 0 Å². The summed E-state index contributed by atoms with van der Waals surface area (Å²) < 4.78 is 15.5. The second-order valence-corrected chi connectivity index (χ2v) is 4.43. The zero-order valence-corrected chi connectivity index (χ0v) is 10.9. The van der Waals surface area contributed by atoms with Crippen molar-refractivity contribution >= 4 is 11.9 Å². The van der Waals surface area contributed by atoms with E-state index in [-0.39, 0.29) is 19.3 Å². The van der Waals surface area contributed by atoms with E-state index in [4.69, 9.17) is 15.2 Å². The Bertz CT molecular complexity index is 319. The van der Waals surface area contributed by atoms with Crippen LogP contribution in [-0.2, 0) is 23.8 Å². The van der Waals surface area contributed by atoms with Crippen molar-refractivity contribution in [3.63, 3.8) is 0 Å². The average molecular weight is 260 g/mol. The first kappa shape index (κ1) is 14.9. The highest BCUT2D eigenvalue weighted by Gasteiger charge is 2.33. The summed E-state index contributed by atoms with van der Waals surface area (Å²) in [6.45, 7) is 6.05. The molecule has 1 amide bonds. The summed E-state index contributed by atoms with van der Waals surface area (Å²) in [6, 6.07) is -1.31. The van der Waals surface area contributed by atoms with Gasteiger partial charge in [-0.15, -0.1) is 0 Å². The van der Waals surface area contributed by atoms with Gasteiger partial charge in [-0.25, -0.2) is 4.79 Å². The van der Waals surface area contributed by atoms with Crippen LogP contribution in [0.5, 0.6) is 0 Å². The summed E-state index contributed by atoms with van der Waals surface area (Å²) in [5, 5.41) is 2.53. The molecule has 7 nitrogen and oxygen atoms in total. The van der Waals surface area contributed by atoms with Gasteiger partial charge in [0, 0.05) is 6.54 Å². The molecule has 1 rings (SSSR count). The van der Waals surface area contributed by atoms with Crippen molar-refractivity contribution < 1.29 is 23.8 Å². The van der Waals surface area contributed by atoms with Crippen LogP contribution in [0.25, 0.3) is 0 Å². The number of carbonyl (C=O) groups excluding carboxylic acids is 2. The highest BCUT2D eigenvalue weighted by atomic mass is 16.7. The molecule has 0 aromatic rings. The fraction of sp³-hybridized carbons (Fsp3) is 0.818. The maximum Gasteiger partial charge on any atom is 0.332 e. The third kappa shape index (κ3) is 4.25. The van der Waals surface area contributed by atoms with E-state index >= 15 is 0 Å². The molecule has 1 fully saturated rings. The van der Waals surface area contributed by atoms with E-state index in [9.17, 15) is 9.59 Å². The van der Waals surface area contributed by atoms with Crippen LogP contribution >= 0.6 is 0 Å². The van der Waals surface area contributed by atoms with Gasteiger partial charge >= 0.3 is 5.97 Å². The van der Waals surface area contributed by atoms with E-state index in [0.29, 0.717) is 6.61 Å². The molecule has 0 aromatic carbocycles. The Balaban J connectivity index is 2.31. The molecule has 1 saturated heterocycles. The Morgan fingerprint density at radius 2 is 2.22 bits per heavy atom. The third-order valence-electron chi connectivity index (χ3n) is 2.39. The third-order valence-corrected chi connectivity index (χ3v) is 2.39. The molecular weight excluding hydrogens is 240 g/mol. The molecule has 0 radical (unpaired) electrons. The van der Waals surface area contributed by atoms with E-state index in [1.54, 1.807) is 20.8 Å². The first-order valence-corrected chi connectivity index (χ1v) is 5.87. The van der Waals surface area contributed by atoms with Crippen LogP contribution < -0.4 is 11.1 Å². The van der Waals surface area contributed by atoms with E-state index in [1.807, 2.05) is 0 Å². The lowest BCUT2D eigenvalue weighted by molar-refractivity contribution is -0.149. The predicted octanol–water partition coefficient (Wildman–Crippen LogP) is -0.855. The van der Waals surface area contributed by atoms with Gasteiger partial charge < -0.3 is 25.3 Å². The van der Waals surface area contributed by atoms with Crippen LogP contribution in [0.3, 0.4) is 0 Å². The topological polar surface area (TPSA) is 99.9 Å². The molecule has 1 aliphatic rings. The van der Waals surface area contributed by atoms with Crippen molar-refractivity contribution in [2.45, 2.75) is 38.7 Å². The van der Waals surface area contributed by atoms with Gasteiger partial charge in [0.15, 0.2) is 11.8 Å². The lowest BCUT2D eigenvalue weighted by atomic mass is 10.3. The van der Waals surface area contributed by atoms with Crippen LogP contribution in [0, 0.1) is 0 Å². The largest absolute Gasteiger partial charge is 0.464 e.